The molecule has 0 nitrogen and oxygen atoms in total. The van der Waals surface area contributed by atoms with Gasteiger partial charge in [0.2, 0.25) is 0 Å². The molecule has 1 rings (SSSR count). The summed E-state index contributed by atoms with van der Waals surface area (Å²) in [5, 5.41) is 0. The van der Waals surface area contributed by atoms with Crippen LogP contribution >= 0.6 is 0 Å². The fraction of sp³-hybridized carbons (Fsp3) is 0.625. The molecule has 0 bridgehead atoms. The summed E-state index contributed by atoms with van der Waals surface area (Å²) in [5.41, 5.74) is 2.79. The lowest BCUT2D eigenvalue weighted by Gasteiger charge is -2.04. The van der Waals surface area contributed by atoms with Crippen LogP contribution in [0.25, 0.3) is 0 Å². The average Bonchev–Trinajstić information content (AvgIpc) is 2.23. The third kappa shape index (κ3) is 8.52. The maximum atomic E-state index is 2.25. The zero-order valence-corrected chi connectivity index (χ0v) is 11.7. The predicted molar refractivity (Wildman–Crippen MR) is 74.9 cm³/mol. The highest BCUT2D eigenvalue weighted by Gasteiger charge is 1.95. The van der Waals surface area contributed by atoms with Gasteiger partial charge in [-0.15, -0.1) is 0 Å². The monoisotopic (exact) mass is 220 g/mol. The lowest BCUT2D eigenvalue weighted by Crippen LogP contribution is -1.93. The third-order valence-electron chi connectivity index (χ3n) is 2.47. The Morgan fingerprint density at radius 3 is 1.75 bits per heavy atom. The molecule has 1 aromatic carbocycles. The molecule has 0 unspecified atom stereocenters. The topological polar surface area (TPSA) is 0 Å². The van der Waals surface area contributed by atoms with Crippen LogP contribution in [0.2, 0.25) is 0 Å². The lowest BCUT2D eigenvalue weighted by molar-refractivity contribution is 0.647. The first-order chi connectivity index (χ1) is 7.60. The summed E-state index contributed by atoms with van der Waals surface area (Å²) in [4.78, 5) is 0. The van der Waals surface area contributed by atoms with Gasteiger partial charge in [0.25, 0.3) is 0 Å². The van der Waals surface area contributed by atoms with E-state index in [0.717, 1.165) is 5.92 Å². The van der Waals surface area contributed by atoms with Gasteiger partial charge in [-0.3, -0.25) is 0 Å². The molecule has 0 saturated carbocycles. The zero-order valence-electron chi connectivity index (χ0n) is 11.7. The van der Waals surface area contributed by atoms with Crippen molar-refractivity contribution in [2.75, 3.05) is 0 Å². The number of rotatable bonds is 4. The van der Waals surface area contributed by atoms with Crippen molar-refractivity contribution in [1.82, 2.24) is 0 Å². The van der Waals surface area contributed by atoms with Crippen LogP contribution in [0.1, 0.15) is 58.1 Å². The number of benzene rings is 1. The predicted octanol–water partition coefficient (Wildman–Crippen LogP) is 5.39. The molecule has 0 aliphatic rings. The van der Waals surface area contributed by atoms with Crippen molar-refractivity contribution >= 4 is 0 Å². The Bertz CT molecular complexity index is 241. The molecule has 0 aromatic heterocycles. The molecule has 0 spiro atoms. The number of aryl methyl sites for hydroxylation is 1. The van der Waals surface area contributed by atoms with E-state index < -0.39 is 0 Å². The molecule has 0 amide bonds. The van der Waals surface area contributed by atoms with Crippen LogP contribution in [-0.4, -0.2) is 0 Å². The smallest absolute Gasteiger partial charge is 0.0256 e. The van der Waals surface area contributed by atoms with Crippen molar-refractivity contribution < 1.29 is 0 Å². The van der Waals surface area contributed by atoms with Crippen molar-refractivity contribution in [2.24, 2.45) is 5.92 Å². The van der Waals surface area contributed by atoms with Crippen LogP contribution in [0, 0.1) is 12.8 Å². The second-order valence-electron chi connectivity index (χ2n) is 4.94. The molecule has 0 saturated heterocycles. The SMILES string of the molecule is CCCCC.Cc1ccc(CC(C)C)cc1. The van der Waals surface area contributed by atoms with Crippen LogP contribution in [0.4, 0.5) is 0 Å². The molecule has 1 aromatic rings. The van der Waals surface area contributed by atoms with Gasteiger partial charge >= 0.3 is 0 Å². The third-order valence-corrected chi connectivity index (χ3v) is 2.47. The molecule has 0 radical (unpaired) electrons. The van der Waals surface area contributed by atoms with Crippen molar-refractivity contribution in [3.8, 4) is 0 Å². The van der Waals surface area contributed by atoms with E-state index in [9.17, 15) is 0 Å². The minimum Gasteiger partial charge on any atom is -0.0654 e. The normalized spacial score (nSPS) is 9.88. The summed E-state index contributed by atoms with van der Waals surface area (Å²) < 4.78 is 0. The first kappa shape index (κ1) is 15.2. The zero-order chi connectivity index (χ0) is 12.4. The first-order valence-electron chi connectivity index (χ1n) is 6.65. The number of hydrogen-bond acceptors (Lipinski definition) is 0. The molecule has 0 N–H and O–H groups in total. The Morgan fingerprint density at radius 2 is 1.44 bits per heavy atom. The highest BCUT2D eigenvalue weighted by molar-refractivity contribution is 5.21. The van der Waals surface area contributed by atoms with Gasteiger partial charge in [0.1, 0.15) is 0 Å². The Hall–Kier alpha value is -0.780. The Balaban J connectivity index is 0.000000385. The quantitative estimate of drug-likeness (QED) is 0.638. The highest BCUT2D eigenvalue weighted by atomic mass is 14.0. The molecule has 0 atom stereocenters. The largest absolute Gasteiger partial charge is 0.0654 e. The summed E-state index contributed by atoms with van der Waals surface area (Å²) in [6, 6.07) is 8.79. The van der Waals surface area contributed by atoms with Gasteiger partial charge in [0, 0.05) is 0 Å². The van der Waals surface area contributed by atoms with Crippen molar-refractivity contribution in [3.63, 3.8) is 0 Å². The van der Waals surface area contributed by atoms with E-state index in [0.29, 0.717) is 0 Å². The molecule has 0 aliphatic heterocycles. The maximum Gasteiger partial charge on any atom is -0.0256 e. The summed E-state index contributed by atoms with van der Waals surface area (Å²) in [6.45, 7) is 11.0. The Kier molecular flexibility index (Phi) is 8.99. The standard InChI is InChI=1S/C11H16.C5H12/c1-9(2)8-11-6-4-10(3)5-7-11;1-3-5-4-2/h4-7,9H,8H2,1-3H3;3-5H2,1-2H3. The molecular formula is C16H28. The number of unbranched alkanes of at least 4 members (excludes halogenated alkanes) is 2. The Labute approximate surface area is 102 Å². The van der Waals surface area contributed by atoms with Gasteiger partial charge in [-0.05, 0) is 24.8 Å². The maximum absolute atomic E-state index is 2.25. The molecule has 92 valence electrons. The fourth-order valence-electron chi connectivity index (χ4n) is 1.55. The Morgan fingerprint density at radius 1 is 0.938 bits per heavy atom. The van der Waals surface area contributed by atoms with Gasteiger partial charge in [-0.1, -0.05) is 76.8 Å². The average molecular weight is 220 g/mol. The van der Waals surface area contributed by atoms with Crippen molar-refractivity contribution in [3.05, 3.63) is 35.4 Å². The molecular weight excluding hydrogens is 192 g/mol. The van der Waals surface area contributed by atoms with E-state index in [2.05, 4.69) is 58.9 Å². The molecule has 0 aliphatic carbocycles. The highest BCUT2D eigenvalue weighted by Crippen LogP contribution is 2.08. The van der Waals surface area contributed by atoms with Crippen LogP contribution in [0.5, 0.6) is 0 Å². The second-order valence-corrected chi connectivity index (χ2v) is 4.94. The van der Waals surface area contributed by atoms with Crippen molar-refractivity contribution in [1.29, 1.82) is 0 Å². The summed E-state index contributed by atoms with van der Waals surface area (Å²) in [5.74, 6) is 0.762. The summed E-state index contributed by atoms with van der Waals surface area (Å²) in [7, 11) is 0. The van der Waals surface area contributed by atoms with Crippen LogP contribution in [-0.2, 0) is 6.42 Å². The van der Waals surface area contributed by atoms with Crippen LogP contribution in [0.3, 0.4) is 0 Å². The summed E-state index contributed by atoms with van der Waals surface area (Å²) in [6.07, 6.45) is 5.27. The van der Waals surface area contributed by atoms with Gasteiger partial charge in [-0.25, -0.2) is 0 Å². The fourth-order valence-corrected chi connectivity index (χ4v) is 1.55. The van der Waals surface area contributed by atoms with E-state index in [1.54, 1.807) is 0 Å². The minimum absolute atomic E-state index is 0.762. The van der Waals surface area contributed by atoms with E-state index >= 15 is 0 Å². The summed E-state index contributed by atoms with van der Waals surface area (Å²) >= 11 is 0. The van der Waals surface area contributed by atoms with Crippen LogP contribution in [0.15, 0.2) is 24.3 Å². The van der Waals surface area contributed by atoms with E-state index in [1.165, 1.54) is 36.8 Å². The molecule has 0 heteroatoms. The molecule has 0 fully saturated rings. The first-order valence-corrected chi connectivity index (χ1v) is 6.65. The van der Waals surface area contributed by atoms with Gasteiger partial charge in [0.05, 0.1) is 0 Å². The van der Waals surface area contributed by atoms with Gasteiger partial charge < -0.3 is 0 Å². The van der Waals surface area contributed by atoms with E-state index in [-0.39, 0.29) is 0 Å². The van der Waals surface area contributed by atoms with Crippen molar-refractivity contribution in [2.45, 2.75) is 60.3 Å². The van der Waals surface area contributed by atoms with Gasteiger partial charge in [-0.2, -0.15) is 0 Å². The second kappa shape index (κ2) is 9.45. The van der Waals surface area contributed by atoms with E-state index in [1.807, 2.05) is 0 Å². The molecule has 0 heterocycles. The molecule has 16 heavy (non-hydrogen) atoms. The number of hydrogen-bond donors (Lipinski definition) is 0. The van der Waals surface area contributed by atoms with E-state index in [4.69, 9.17) is 0 Å². The lowest BCUT2D eigenvalue weighted by atomic mass is 10.0. The van der Waals surface area contributed by atoms with Crippen LogP contribution < -0.4 is 0 Å². The minimum atomic E-state index is 0.762. The van der Waals surface area contributed by atoms with Gasteiger partial charge in [0.15, 0.2) is 0 Å².